The Morgan fingerprint density at radius 3 is 2.64 bits per heavy atom. The van der Waals surface area contributed by atoms with Crippen LogP contribution in [0, 0.1) is 0 Å². The summed E-state index contributed by atoms with van der Waals surface area (Å²) in [6, 6.07) is 7.92. The van der Waals surface area contributed by atoms with Crippen LogP contribution in [0.15, 0.2) is 34.8 Å². The average Bonchev–Trinajstić information content (AvgIpc) is 3.34. The molecule has 0 N–H and O–H groups in total. The molecule has 0 radical (unpaired) electrons. The molecule has 3 heterocycles. The van der Waals surface area contributed by atoms with Crippen LogP contribution in [-0.4, -0.2) is 42.9 Å². The largest absolute Gasteiger partial charge is 0.493 e. The van der Waals surface area contributed by atoms with Crippen molar-refractivity contribution in [3.05, 3.63) is 45.6 Å². The molecule has 148 valence electrons. The normalized spacial score (nSPS) is 20.2. The van der Waals surface area contributed by atoms with Crippen LogP contribution >= 0.6 is 11.3 Å². The van der Waals surface area contributed by atoms with Crippen molar-refractivity contribution in [3.8, 4) is 11.5 Å². The maximum atomic E-state index is 13.3. The molecule has 4 rings (SSSR count). The first-order valence-electron chi connectivity index (χ1n) is 9.28. The molecular weight excluding hydrogens is 376 g/mol. The van der Waals surface area contributed by atoms with Gasteiger partial charge in [0.2, 0.25) is 0 Å². The third-order valence-electron chi connectivity index (χ3n) is 5.19. The van der Waals surface area contributed by atoms with Gasteiger partial charge < -0.3 is 19.2 Å². The van der Waals surface area contributed by atoms with Crippen LogP contribution in [0.2, 0.25) is 0 Å². The monoisotopic (exact) mass is 400 g/mol. The maximum Gasteiger partial charge on any atom is 0.272 e. The fourth-order valence-electron chi connectivity index (χ4n) is 3.85. The minimum absolute atomic E-state index is 0.0654. The predicted molar refractivity (Wildman–Crippen MR) is 108 cm³/mol. The molecule has 2 aliphatic rings. The molecule has 2 aliphatic heterocycles. The van der Waals surface area contributed by atoms with E-state index in [9.17, 15) is 4.79 Å². The van der Waals surface area contributed by atoms with Crippen molar-refractivity contribution in [1.29, 1.82) is 0 Å². The van der Waals surface area contributed by atoms with E-state index < -0.39 is 5.60 Å². The molecule has 0 saturated carbocycles. The fraction of sp³-hybridized carbons (Fsp3) is 0.429. The second kappa shape index (κ2) is 7.13. The summed E-state index contributed by atoms with van der Waals surface area (Å²) in [5.41, 5.74) is 2.28. The first-order valence-corrected chi connectivity index (χ1v) is 10.2. The summed E-state index contributed by atoms with van der Waals surface area (Å²) in [6.07, 6.45) is 1.26. The zero-order valence-electron chi connectivity index (χ0n) is 16.5. The van der Waals surface area contributed by atoms with E-state index in [1.54, 1.807) is 25.6 Å². The lowest BCUT2D eigenvalue weighted by Gasteiger charge is -2.37. The number of hydrogen-bond acceptors (Lipinski definition) is 6. The number of carbonyl (C=O) groups excluding carboxylic acids is 1. The smallest absolute Gasteiger partial charge is 0.272 e. The molecule has 28 heavy (non-hydrogen) atoms. The zero-order valence-corrected chi connectivity index (χ0v) is 17.3. The number of methoxy groups -OCH3 is 2. The van der Waals surface area contributed by atoms with Gasteiger partial charge in [-0.1, -0.05) is 11.2 Å². The van der Waals surface area contributed by atoms with E-state index in [0.29, 0.717) is 30.2 Å². The van der Waals surface area contributed by atoms with Crippen molar-refractivity contribution in [1.82, 2.24) is 4.90 Å². The van der Waals surface area contributed by atoms with Gasteiger partial charge >= 0.3 is 0 Å². The van der Waals surface area contributed by atoms with Gasteiger partial charge in [-0.2, -0.15) is 0 Å². The number of benzene rings is 1. The number of oxime groups is 1. The molecule has 1 unspecified atom stereocenters. The van der Waals surface area contributed by atoms with Crippen LogP contribution in [0.4, 0.5) is 0 Å². The van der Waals surface area contributed by atoms with Crippen molar-refractivity contribution in [3.63, 3.8) is 0 Å². The molecule has 0 spiro atoms. The molecule has 7 heteroatoms. The lowest BCUT2D eigenvalue weighted by molar-refractivity contribution is -0.126. The highest BCUT2D eigenvalue weighted by molar-refractivity contribution is 7.10. The Bertz CT molecular complexity index is 921. The minimum Gasteiger partial charge on any atom is -0.493 e. The Morgan fingerprint density at radius 2 is 2.04 bits per heavy atom. The van der Waals surface area contributed by atoms with E-state index in [1.165, 1.54) is 5.56 Å². The van der Waals surface area contributed by atoms with Gasteiger partial charge in [-0.3, -0.25) is 4.79 Å². The van der Waals surface area contributed by atoms with Crippen LogP contribution in [0.25, 0.3) is 0 Å². The number of rotatable bonds is 4. The number of ether oxygens (including phenoxy) is 2. The molecule has 0 fully saturated rings. The summed E-state index contributed by atoms with van der Waals surface area (Å²) in [4.78, 5) is 21.8. The van der Waals surface area contributed by atoms with Crippen LogP contribution in [-0.2, 0) is 16.1 Å². The Kier molecular flexibility index (Phi) is 4.79. The third kappa shape index (κ3) is 3.24. The first-order chi connectivity index (χ1) is 13.4. The number of fused-ring (bicyclic) bond motifs is 1. The second-order valence-corrected chi connectivity index (χ2v) is 8.62. The number of hydrogen-bond donors (Lipinski definition) is 0. The zero-order chi connectivity index (χ0) is 19.9. The SMILES string of the molecule is COc1cc2c(cc1OC)C(c1cccs1)N(C(=O)C1=NOC(C)(C)C1)CC2. The highest BCUT2D eigenvalue weighted by Crippen LogP contribution is 2.42. The predicted octanol–water partition coefficient (Wildman–Crippen LogP) is 3.79. The summed E-state index contributed by atoms with van der Waals surface area (Å²) in [5.74, 6) is 1.31. The minimum atomic E-state index is -0.437. The van der Waals surface area contributed by atoms with Crippen molar-refractivity contribution >= 4 is 23.0 Å². The summed E-state index contributed by atoms with van der Waals surface area (Å²) < 4.78 is 11.0. The lowest BCUT2D eigenvalue weighted by atomic mass is 9.90. The van der Waals surface area contributed by atoms with Gasteiger partial charge in [0.05, 0.1) is 20.3 Å². The van der Waals surface area contributed by atoms with Crippen molar-refractivity contribution in [2.24, 2.45) is 5.16 Å². The van der Waals surface area contributed by atoms with Gasteiger partial charge in [0, 0.05) is 17.8 Å². The number of amides is 1. The number of carbonyl (C=O) groups is 1. The van der Waals surface area contributed by atoms with Crippen molar-refractivity contribution in [2.75, 3.05) is 20.8 Å². The average molecular weight is 401 g/mol. The molecule has 2 aromatic rings. The molecule has 1 amide bonds. The fourth-order valence-corrected chi connectivity index (χ4v) is 4.70. The second-order valence-electron chi connectivity index (χ2n) is 7.64. The molecule has 1 aromatic carbocycles. The van der Waals surface area contributed by atoms with Crippen LogP contribution < -0.4 is 9.47 Å². The molecule has 1 atom stereocenters. The van der Waals surface area contributed by atoms with E-state index in [2.05, 4.69) is 11.2 Å². The molecular formula is C21H24N2O4S. The standard InChI is InChI=1S/C21H24N2O4S/c1-21(2)12-15(22-27-21)20(24)23-8-7-13-10-16(25-3)17(26-4)11-14(13)19(23)18-6-5-9-28-18/h5-6,9-11,19H,7-8,12H2,1-4H3. The van der Waals surface area contributed by atoms with E-state index in [-0.39, 0.29) is 11.9 Å². The maximum absolute atomic E-state index is 13.3. The Labute approximate surface area is 168 Å². The van der Waals surface area contributed by atoms with E-state index in [0.717, 1.165) is 16.9 Å². The molecule has 0 aliphatic carbocycles. The Morgan fingerprint density at radius 1 is 1.29 bits per heavy atom. The van der Waals surface area contributed by atoms with Gasteiger partial charge in [-0.05, 0) is 55.0 Å². The van der Waals surface area contributed by atoms with Crippen molar-refractivity contribution in [2.45, 2.75) is 38.3 Å². The Hall–Kier alpha value is -2.54. The van der Waals surface area contributed by atoms with Gasteiger partial charge in [0.15, 0.2) is 11.5 Å². The summed E-state index contributed by atoms with van der Waals surface area (Å²) in [5, 5.41) is 6.11. The van der Waals surface area contributed by atoms with Gasteiger partial charge in [0.25, 0.3) is 5.91 Å². The lowest BCUT2D eigenvalue weighted by Crippen LogP contribution is -2.44. The van der Waals surface area contributed by atoms with Gasteiger partial charge in [-0.15, -0.1) is 11.3 Å². The topological polar surface area (TPSA) is 60.4 Å². The van der Waals surface area contributed by atoms with E-state index in [1.807, 2.05) is 42.3 Å². The van der Waals surface area contributed by atoms with E-state index in [4.69, 9.17) is 14.3 Å². The van der Waals surface area contributed by atoms with Crippen LogP contribution in [0.5, 0.6) is 11.5 Å². The molecule has 1 aromatic heterocycles. The van der Waals surface area contributed by atoms with Gasteiger partial charge in [-0.25, -0.2) is 0 Å². The first kappa shape index (κ1) is 18.8. The third-order valence-corrected chi connectivity index (χ3v) is 6.11. The Balaban J connectivity index is 1.76. The summed E-state index contributed by atoms with van der Waals surface area (Å²) in [7, 11) is 3.27. The highest BCUT2D eigenvalue weighted by Gasteiger charge is 2.40. The summed E-state index contributed by atoms with van der Waals surface area (Å²) in [6.45, 7) is 4.50. The van der Waals surface area contributed by atoms with Crippen LogP contribution in [0.1, 0.15) is 42.3 Å². The number of thiophene rings is 1. The molecule has 6 nitrogen and oxygen atoms in total. The molecule has 0 saturated heterocycles. The van der Waals surface area contributed by atoms with Gasteiger partial charge in [0.1, 0.15) is 11.3 Å². The van der Waals surface area contributed by atoms with E-state index >= 15 is 0 Å². The quantitative estimate of drug-likeness (QED) is 0.783. The summed E-state index contributed by atoms with van der Waals surface area (Å²) >= 11 is 1.64. The number of nitrogens with zero attached hydrogens (tertiary/aromatic N) is 2. The molecule has 0 bridgehead atoms. The highest BCUT2D eigenvalue weighted by atomic mass is 32.1. The van der Waals surface area contributed by atoms with Crippen molar-refractivity contribution < 1.29 is 19.1 Å². The van der Waals surface area contributed by atoms with Crippen LogP contribution in [0.3, 0.4) is 0 Å².